The van der Waals surface area contributed by atoms with E-state index in [9.17, 15) is 22.0 Å². The zero-order valence-electron chi connectivity index (χ0n) is 34.4. The molecule has 2 aliphatic carbocycles. The van der Waals surface area contributed by atoms with Crippen molar-refractivity contribution in [1.82, 2.24) is 34.1 Å². The van der Waals surface area contributed by atoms with Gasteiger partial charge in [0.1, 0.15) is 11.6 Å². The summed E-state index contributed by atoms with van der Waals surface area (Å²) in [7, 11) is 3.22. The van der Waals surface area contributed by atoms with Gasteiger partial charge in [0.25, 0.3) is 0 Å². The van der Waals surface area contributed by atoms with E-state index in [1.54, 1.807) is 31.5 Å². The number of rotatable bonds is 7. The number of anilines is 2. The Morgan fingerprint density at radius 3 is 1.90 bits per heavy atom. The molecule has 17 heteroatoms. The van der Waals surface area contributed by atoms with Crippen LogP contribution >= 0.6 is 0 Å². The van der Waals surface area contributed by atoms with E-state index in [-0.39, 0.29) is 23.7 Å². The van der Waals surface area contributed by atoms with E-state index in [0.717, 1.165) is 66.4 Å². The molecule has 2 aromatic carbocycles. The summed E-state index contributed by atoms with van der Waals surface area (Å²) in [5.41, 5.74) is 12.9. The Kier molecular flexibility index (Phi) is 12.0. The summed E-state index contributed by atoms with van der Waals surface area (Å²) in [5.74, 6) is 0.342. The fraction of sp³-hybridized carbons (Fsp3) is 0.465. The molecule has 320 valence electrons. The van der Waals surface area contributed by atoms with Gasteiger partial charge in [-0.2, -0.15) is 12.7 Å². The van der Waals surface area contributed by atoms with E-state index in [0.29, 0.717) is 71.3 Å². The predicted octanol–water partition coefficient (Wildman–Crippen LogP) is 4.77. The lowest BCUT2D eigenvalue weighted by Gasteiger charge is -2.30. The highest BCUT2D eigenvalue weighted by Gasteiger charge is 2.47. The first-order chi connectivity index (χ1) is 28.8. The molecule has 4 saturated heterocycles. The minimum Gasteiger partial charge on any atom is -0.481 e. The van der Waals surface area contributed by atoms with Gasteiger partial charge in [-0.15, -0.1) is 0 Å². The van der Waals surface area contributed by atoms with Gasteiger partial charge in [-0.25, -0.2) is 28.3 Å². The Balaban J connectivity index is 0.000000153. The van der Waals surface area contributed by atoms with E-state index < -0.39 is 16.2 Å². The highest BCUT2D eigenvalue weighted by Crippen LogP contribution is 2.41. The second-order valence-electron chi connectivity index (χ2n) is 16.4. The fourth-order valence-corrected chi connectivity index (χ4v) is 11.0. The molecule has 14 nitrogen and oxygen atoms in total. The number of nitrogens with zero attached hydrogens (tertiary/aromatic N) is 5. The van der Waals surface area contributed by atoms with Gasteiger partial charge in [0.15, 0.2) is 0 Å². The van der Waals surface area contributed by atoms with E-state index >= 15 is 0 Å². The van der Waals surface area contributed by atoms with Crippen molar-refractivity contribution in [2.75, 3.05) is 65.5 Å². The van der Waals surface area contributed by atoms with Crippen LogP contribution in [0.25, 0.3) is 22.3 Å². The molecule has 0 unspecified atom stereocenters. The molecule has 60 heavy (non-hydrogen) atoms. The molecule has 4 fully saturated rings. The fourth-order valence-electron chi connectivity index (χ4n) is 9.68. The molecule has 4 aromatic rings. The zero-order valence-corrected chi connectivity index (χ0v) is 35.2. The minimum absolute atomic E-state index is 0.139. The topological polar surface area (TPSA) is 167 Å². The quantitative estimate of drug-likeness (QED) is 0.189. The van der Waals surface area contributed by atoms with Gasteiger partial charge < -0.3 is 35.6 Å². The lowest BCUT2D eigenvalue weighted by Crippen LogP contribution is -2.52. The predicted molar refractivity (Wildman–Crippen MR) is 226 cm³/mol. The Labute approximate surface area is 350 Å². The summed E-state index contributed by atoms with van der Waals surface area (Å²) >= 11 is 0. The van der Waals surface area contributed by atoms with Crippen LogP contribution in [0, 0.1) is 11.6 Å². The molecule has 5 N–H and O–H groups in total. The molecule has 4 atom stereocenters. The molecule has 0 radical (unpaired) electrons. The molecule has 2 amide bonds. The first-order valence-electron chi connectivity index (χ1n) is 20.5. The second-order valence-corrected chi connectivity index (χ2v) is 18.1. The number of amides is 2. The van der Waals surface area contributed by atoms with Gasteiger partial charge >= 0.3 is 16.2 Å². The van der Waals surface area contributed by atoms with Crippen LogP contribution in [0.5, 0.6) is 11.8 Å². The summed E-state index contributed by atoms with van der Waals surface area (Å²) < 4.78 is 68.5. The number of methoxy groups -OCH3 is 2. The number of fused-ring (bicyclic) bond motifs is 6. The maximum atomic E-state index is 14.8. The normalized spacial score (nSPS) is 22.7. The van der Waals surface area contributed by atoms with Crippen LogP contribution in [0.15, 0.2) is 48.8 Å². The highest BCUT2D eigenvalue weighted by molar-refractivity contribution is 7.87. The van der Waals surface area contributed by atoms with Gasteiger partial charge in [-0.1, -0.05) is 0 Å². The van der Waals surface area contributed by atoms with E-state index in [2.05, 4.69) is 42.2 Å². The van der Waals surface area contributed by atoms with Gasteiger partial charge in [0.05, 0.1) is 19.9 Å². The number of urea groups is 1. The van der Waals surface area contributed by atoms with Crippen LogP contribution in [0.3, 0.4) is 0 Å². The van der Waals surface area contributed by atoms with Crippen LogP contribution in [-0.2, 0) is 35.9 Å². The Morgan fingerprint density at radius 1 is 0.783 bits per heavy atom. The van der Waals surface area contributed by atoms with Crippen molar-refractivity contribution < 1.29 is 31.5 Å². The standard InChI is InChI=1S/C22H26FN5O4S.C15H15FN2O.C6H12N2/c1-27-11-15-9-14(27)12-28(15)33(30,31)26-22(29)25-21-17-5-3-4-16(17)19(23)10-18(21)13-6-7-24-20(8-13)32-2;1-19-14-7-9(5-6-18-14)12-8-13(16)10-3-2-4-11(10)15(12)17;1-8-4-5-2-6(8)3-7-5/h6-8,10,14-15H,3-5,9,11-12H2,1-2H3,(H2,25,26,29);5-8H,2-4,17H2,1H3;5-7H,2-4H2,1H3/t14-,15-;;5-,6-/m1.1/s1. The van der Waals surface area contributed by atoms with Crippen molar-refractivity contribution in [2.45, 2.75) is 75.5 Å². The number of carbonyl (C=O) groups is 1. The molecule has 4 bridgehead atoms. The van der Waals surface area contributed by atoms with Gasteiger partial charge in [-0.3, -0.25) is 0 Å². The molecule has 10 rings (SSSR count). The smallest absolute Gasteiger partial charge is 0.333 e. The summed E-state index contributed by atoms with van der Waals surface area (Å²) in [6, 6.07) is 10.7. The first-order valence-corrected chi connectivity index (χ1v) is 22.0. The third-order valence-corrected chi connectivity index (χ3v) is 14.3. The number of nitrogens with one attached hydrogen (secondary N) is 3. The average molecular weight is 846 g/mol. The minimum atomic E-state index is -4.00. The van der Waals surface area contributed by atoms with E-state index in [1.807, 2.05) is 13.1 Å². The molecule has 2 aromatic heterocycles. The molecule has 4 aliphatic heterocycles. The number of benzene rings is 2. The first kappa shape index (κ1) is 41.8. The number of ether oxygens (including phenoxy) is 2. The largest absolute Gasteiger partial charge is 0.481 e. The van der Waals surface area contributed by atoms with Gasteiger partial charge in [0, 0.05) is 91.7 Å². The number of hydrogen-bond acceptors (Lipinski definition) is 11. The number of nitrogens with two attached hydrogens (primary N) is 1. The summed E-state index contributed by atoms with van der Waals surface area (Å²) in [6.07, 6.45) is 9.85. The lowest BCUT2D eigenvalue weighted by molar-refractivity contribution is 0.214. The van der Waals surface area contributed by atoms with E-state index in [1.165, 1.54) is 49.3 Å². The summed E-state index contributed by atoms with van der Waals surface area (Å²) in [6.45, 7) is 3.50. The summed E-state index contributed by atoms with van der Waals surface area (Å²) in [4.78, 5) is 25.6. The van der Waals surface area contributed by atoms with Crippen LogP contribution < -0.4 is 30.6 Å². The molecule has 6 heterocycles. The number of likely N-dealkylation sites (tertiary alicyclic amines) is 2. The molecule has 0 saturated carbocycles. The maximum Gasteiger partial charge on any atom is 0.333 e. The number of halogens is 2. The number of piperazine rings is 2. The van der Waals surface area contributed by atoms with Crippen LogP contribution in [0.2, 0.25) is 0 Å². The third kappa shape index (κ3) is 8.37. The number of pyridine rings is 2. The van der Waals surface area contributed by atoms with Gasteiger partial charge in [0.2, 0.25) is 11.8 Å². The van der Waals surface area contributed by atoms with Crippen LogP contribution in [-0.4, -0.2) is 117 Å². The SMILES string of the molecule is CN1C[C@H]2C[C@@H]1CN2.COc1cc(-c2cc(F)c3c(c2N)CCC3)ccn1.COc1cc(-c2cc(F)c3c(c2NC(=O)NS(=O)(=O)N2C[C@H]4C[C@@H]2CN4C)CCC3)ccn1. The van der Waals surface area contributed by atoms with Crippen molar-refractivity contribution in [2.24, 2.45) is 0 Å². The summed E-state index contributed by atoms with van der Waals surface area (Å²) in [5, 5.41) is 6.16. The van der Waals surface area contributed by atoms with Crippen molar-refractivity contribution in [1.29, 1.82) is 0 Å². The number of hydrogen-bond donors (Lipinski definition) is 4. The maximum absolute atomic E-state index is 14.8. The van der Waals surface area contributed by atoms with Crippen molar-refractivity contribution in [3.05, 3.63) is 82.7 Å². The van der Waals surface area contributed by atoms with Crippen molar-refractivity contribution in [3.8, 4) is 34.0 Å². The number of carbonyl (C=O) groups excluding carboxylic acids is 1. The Morgan fingerprint density at radius 2 is 1.37 bits per heavy atom. The van der Waals surface area contributed by atoms with E-state index in [4.69, 9.17) is 15.2 Å². The Bertz CT molecular complexity index is 2380. The number of nitrogen functional groups attached to an aromatic ring is 1. The lowest BCUT2D eigenvalue weighted by atomic mass is 9.97. The molecule has 6 aliphatic rings. The number of aromatic nitrogens is 2. The second kappa shape index (κ2) is 17.2. The highest BCUT2D eigenvalue weighted by atomic mass is 32.2. The molecule has 0 spiro atoms. The Hall–Kier alpha value is -4.94. The van der Waals surface area contributed by atoms with Gasteiger partial charge in [-0.05, 0) is 123 Å². The van der Waals surface area contributed by atoms with Crippen LogP contribution in [0.4, 0.5) is 25.0 Å². The number of likely N-dealkylation sites (N-methyl/N-ethyl adjacent to an activating group) is 2. The van der Waals surface area contributed by atoms with Crippen molar-refractivity contribution >= 4 is 27.6 Å². The van der Waals surface area contributed by atoms with Crippen molar-refractivity contribution in [3.63, 3.8) is 0 Å². The molecular weight excluding hydrogens is 793 g/mol. The monoisotopic (exact) mass is 845 g/mol. The average Bonchev–Trinajstić information content (AvgIpc) is 4.11. The third-order valence-electron chi connectivity index (χ3n) is 12.8. The molecular formula is C43H53F2N9O5S. The van der Waals surface area contributed by atoms with Crippen LogP contribution in [0.1, 0.15) is 47.9 Å². The zero-order chi connectivity index (χ0) is 42.3.